The van der Waals surface area contributed by atoms with Crippen LogP contribution in [-0.2, 0) is 34.0 Å². The minimum Gasteiger partial charge on any atom is -0.462 e. The van der Waals surface area contributed by atoms with Crippen LogP contribution in [0.25, 0.3) is 0 Å². The molecule has 33 heavy (non-hydrogen) atoms. The van der Waals surface area contributed by atoms with Crippen LogP contribution in [0.3, 0.4) is 0 Å². The average Bonchev–Trinajstić information content (AvgIpc) is 3.05. The van der Waals surface area contributed by atoms with Crippen LogP contribution < -0.4 is 0 Å². The van der Waals surface area contributed by atoms with Crippen molar-refractivity contribution in [3.05, 3.63) is 71.3 Å². The average molecular weight is 453 g/mol. The number of fused-ring (bicyclic) bond motifs is 1. The van der Waals surface area contributed by atoms with Crippen molar-refractivity contribution in [3.63, 3.8) is 0 Å². The van der Waals surface area contributed by atoms with Crippen molar-refractivity contribution in [1.29, 1.82) is 0 Å². The summed E-state index contributed by atoms with van der Waals surface area (Å²) in [6.45, 7) is 10.4. The monoisotopic (exact) mass is 452 g/mol. The lowest BCUT2D eigenvalue weighted by molar-refractivity contribution is -0.171. The summed E-state index contributed by atoms with van der Waals surface area (Å²) in [6.07, 6.45) is -1.29. The third-order valence-electron chi connectivity index (χ3n) is 5.61. The van der Waals surface area contributed by atoms with Crippen molar-refractivity contribution >= 4 is 17.9 Å². The van der Waals surface area contributed by atoms with Crippen molar-refractivity contribution in [2.24, 2.45) is 0 Å². The minimum absolute atomic E-state index is 0.360. The molecule has 6 nitrogen and oxygen atoms in total. The van der Waals surface area contributed by atoms with E-state index in [1.165, 1.54) is 0 Å². The van der Waals surface area contributed by atoms with Gasteiger partial charge in [0.25, 0.3) is 0 Å². The standard InChI is InChI=1S/C27H32O6/c1-16(2)31-24(28)22-20-14-10-11-15-21(20)27(25(29)32-17(3)4,26(30)33-18(5)6)23(22)19-12-8-7-9-13-19/h7-18,22-23H,1-6H3/t22-,23+/m0/s1. The number of benzene rings is 2. The molecule has 0 radical (unpaired) electrons. The number of carbonyl (C=O) groups excluding carboxylic acids is 3. The number of rotatable bonds is 7. The highest BCUT2D eigenvalue weighted by atomic mass is 16.6. The fraction of sp³-hybridized carbons (Fsp3) is 0.444. The molecule has 0 spiro atoms. The van der Waals surface area contributed by atoms with Crippen LogP contribution in [0.2, 0.25) is 0 Å². The molecule has 0 fully saturated rings. The van der Waals surface area contributed by atoms with Gasteiger partial charge < -0.3 is 14.2 Å². The van der Waals surface area contributed by atoms with Gasteiger partial charge in [0.15, 0.2) is 5.41 Å². The highest BCUT2D eigenvalue weighted by Gasteiger charge is 2.66. The summed E-state index contributed by atoms with van der Waals surface area (Å²) < 4.78 is 16.9. The van der Waals surface area contributed by atoms with E-state index in [4.69, 9.17) is 14.2 Å². The maximum atomic E-state index is 13.9. The molecule has 3 rings (SSSR count). The molecule has 2 aromatic rings. The summed E-state index contributed by atoms with van der Waals surface area (Å²) in [5.41, 5.74) is -0.215. The fourth-order valence-corrected chi connectivity index (χ4v) is 4.57. The maximum absolute atomic E-state index is 13.9. The molecule has 176 valence electrons. The lowest BCUT2D eigenvalue weighted by Crippen LogP contribution is -2.51. The Morgan fingerprint density at radius 2 is 1.18 bits per heavy atom. The van der Waals surface area contributed by atoms with Crippen LogP contribution in [-0.4, -0.2) is 36.2 Å². The SMILES string of the molecule is CC(C)OC(=O)[C@H]1c2ccccc2C(C(=O)OC(C)C)(C(=O)OC(C)C)[C@@H]1c1ccccc1. The molecule has 0 aromatic heterocycles. The van der Waals surface area contributed by atoms with Gasteiger partial charge in [-0.15, -0.1) is 0 Å². The predicted octanol–water partition coefficient (Wildman–Crippen LogP) is 4.66. The van der Waals surface area contributed by atoms with Gasteiger partial charge in [-0.05, 0) is 58.2 Å². The number of hydrogen-bond donors (Lipinski definition) is 0. The lowest BCUT2D eigenvalue weighted by Gasteiger charge is -2.35. The van der Waals surface area contributed by atoms with Gasteiger partial charge in [-0.25, -0.2) is 0 Å². The molecule has 0 aliphatic heterocycles. The molecule has 1 aliphatic carbocycles. The zero-order valence-corrected chi connectivity index (χ0v) is 20.0. The fourth-order valence-electron chi connectivity index (χ4n) is 4.57. The summed E-state index contributed by atoms with van der Waals surface area (Å²) in [6, 6.07) is 16.1. The first-order chi connectivity index (χ1) is 15.6. The van der Waals surface area contributed by atoms with Gasteiger partial charge in [0.1, 0.15) is 0 Å². The Morgan fingerprint density at radius 3 is 1.70 bits per heavy atom. The molecule has 0 saturated carbocycles. The summed E-state index contributed by atoms with van der Waals surface area (Å²) in [5, 5.41) is 0. The molecular formula is C27H32O6. The molecule has 2 aromatic carbocycles. The zero-order chi connectivity index (χ0) is 24.3. The van der Waals surface area contributed by atoms with E-state index in [1.807, 2.05) is 30.3 Å². The molecule has 0 saturated heterocycles. The predicted molar refractivity (Wildman–Crippen MR) is 124 cm³/mol. The lowest BCUT2D eigenvalue weighted by atomic mass is 9.69. The Labute approximate surface area is 195 Å². The van der Waals surface area contributed by atoms with Crippen LogP contribution in [0.1, 0.15) is 70.1 Å². The topological polar surface area (TPSA) is 78.9 Å². The van der Waals surface area contributed by atoms with E-state index < -0.39 is 47.4 Å². The van der Waals surface area contributed by atoms with E-state index in [9.17, 15) is 14.4 Å². The number of carbonyl (C=O) groups is 3. The molecule has 2 atom stereocenters. The van der Waals surface area contributed by atoms with E-state index in [1.54, 1.807) is 65.8 Å². The summed E-state index contributed by atoms with van der Waals surface area (Å²) in [4.78, 5) is 41.2. The zero-order valence-electron chi connectivity index (χ0n) is 20.0. The molecule has 0 heterocycles. The van der Waals surface area contributed by atoms with E-state index in [0.717, 1.165) is 0 Å². The Balaban J connectivity index is 2.37. The molecule has 0 unspecified atom stereocenters. The number of esters is 3. The van der Waals surface area contributed by atoms with E-state index in [-0.39, 0.29) is 6.10 Å². The Hall–Kier alpha value is -3.15. The van der Waals surface area contributed by atoms with Crippen LogP contribution >= 0.6 is 0 Å². The van der Waals surface area contributed by atoms with Crippen molar-refractivity contribution in [3.8, 4) is 0 Å². The number of ether oxygens (including phenoxy) is 3. The van der Waals surface area contributed by atoms with Crippen molar-refractivity contribution in [1.82, 2.24) is 0 Å². The first kappa shape index (κ1) is 24.5. The first-order valence-electron chi connectivity index (χ1n) is 11.4. The largest absolute Gasteiger partial charge is 0.462 e. The highest BCUT2D eigenvalue weighted by molar-refractivity contribution is 6.11. The molecule has 0 amide bonds. The van der Waals surface area contributed by atoms with Gasteiger partial charge in [-0.3, -0.25) is 14.4 Å². The van der Waals surface area contributed by atoms with Gasteiger partial charge in [0.2, 0.25) is 0 Å². The van der Waals surface area contributed by atoms with Crippen molar-refractivity contribution < 1.29 is 28.6 Å². The highest BCUT2D eigenvalue weighted by Crippen LogP contribution is 2.57. The van der Waals surface area contributed by atoms with Gasteiger partial charge >= 0.3 is 17.9 Å². The van der Waals surface area contributed by atoms with E-state index >= 15 is 0 Å². The van der Waals surface area contributed by atoms with Crippen LogP contribution in [0.4, 0.5) is 0 Å². The van der Waals surface area contributed by atoms with Crippen LogP contribution in [0, 0.1) is 0 Å². The Bertz CT molecular complexity index is 986. The van der Waals surface area contributed by atoms with E-state index in [0.29, 0.717) is 16.7 Å². The molecular weight excluding hydrogens is 420 g/mol. The third-order valence-corrected chi connectivity index (χ3v) is 5.61. The maximum Gasteiger partial charge on any atom is 0.329 e. The van der Waals surface area contributed by atoms with Crippen molar-refractivity contribution in [2.75, 3.05) is 0 Å². The van der Waals surface area contributed by atoms with Gasteiger partial charge in [-0.1, -0.05) is 54.6 Å². The summed E-state index contributed by atoms with van der Waals surface area (Å²) in [5.74, 6) is -3.73. The summed E-state index contributed by atoms with van der Waals surface area (Å²) >= 11 is 0. The summed E-state index contributed by atoms with van der Waals surface area (Å²) in [7, 11) is 0. The van der Waals surface area contributed by atoms with E-state index in [2.05, 4.69) is 0 Å². The third kappa shape index (κ3) is 4.52. The van der Waals surface area contributed by atoms with Crippen LogP contribution in [0.5, 0.6) is 0 Å². The Kier molecular flexibility index (Phi) is 7.25. The Morgan fingerprint density at radius 1 is 0.697 bits per heavy atom. The van der Waals surface area contributed by atoms with Crippen LogP contribution in [0.15, 0.2) is 54.6 Å². The molecule has 0 bridgehead atoms. The smallest absolute Gasteiger partial charge is 0.329 e. The number of hydrogen-bond acceptors (Lipinski definition) is 6. The normalized spacial score (nSPS) is 18.8. The van der Waals surface area contributed by atoms with Gasteiger partial charge in [0, 0.05) is 5.92 Å². The van der Waals surface area contributed by atoms with Gasteiger partial charge in [0.05, 0.1) is 24.2 Å². The van der Waals surface area contributed by atoms with Crippen molar-refractivity contribution in [2.45, 2.75) is 77.1 Å². The van der Waals surface area contributed by atoms with Gasteiger partial charge in [-0.2, -0.15) is 0 Å². The minimum atomic E-state index is -1.85. The quantitative estimate of drug-likeness (QED) is 0.345. The second-order valence-electron chi connectivity index (χ2n) is 9.16. The second kappa shape index (κ2) is 9.77. The molecule has 0 N–H and O–H groups in total. The second-order valence-corrected chi connectivity index (χ2v) is 9.16. The first-order valence-corrected chi connectivity index (χ1v) is 11.4. The molecule has 1 aliphatic rings. The molecule has 6 heteroatoms.